The molecule has 1 unspecified atom stereocenters. The zero-order valence-electron chi connectivity index (χ0n) is 18.4. The third-order valence-corrected chi connectivity index (χ3v) is 7.34. The minimum Gasteiger partial charge on any atom is -0.207 e. The molecule has 4 rings (SSSR count). The van der Waals surface area contributed by atoms with Gasteiger partial charge in [0.05, 0.1) is 0 Å². The van der Waals surface area contributed by atoms with Crippen LogP contribution in [0.5, 0.6) is 0 Å². The molecule has 0 spiro atoms. The highest BCUT2D eigenvalue weighted by molar-refractivity contribution is 5.52. The van der Waals surface area contributed by atoms with Gasteiger partial charge in [0.25, 0.3) is 0 Å². The minimum absolute atomic E-state index is 0.0700. The SMILES string of the molecule is C/C=C/c1ccc2c(c1)CCC(c1c(F)cc(C3CCC(CCC)CC3)cc1F)C2. The molecule has 0 nitrogen and oxygen atoms in total. The van der Waals surface area contributed by atoms with Gasteiger partial charge in [0.2, 0.25) is 0 Å². The summed E-state index contributed by atoms with van der Waals surface area (Å²) in [6.45, 7) is 4.25. The number of hydrogen-bond acceptors (Lipinski definition) is 0. The zero-order valence-corrected chi connectivity index (χ0v) is 18.4. The van der Waals surface area contributed by atoms with Crippen molar-refractivity contribution in [1.29, 1.82) is 0 Å². The fourth-order valence-electron chi connectivity index (χ4n) is 5.74. The summed E-state index contributed by atoms with van der Waals surface area (Å²) in [5.74, 6) is 0.378. The van der Waals surface area contributed by atoms with Crippen LogP contribution in [0.1, 0.15) is 98.4 Å². The van der Waals surface area contributed by atoms with E-state index < -0.39 is 0 Å². The average molecular weight is 409 g/mol. The summed E-state index contributed by atoms with van der Waals surface area (Å²) in [6, 6.07) is 9.75. The van der Waals surface area contributed by atoms with E-state index in [1.54, 1.807) is 12.1 Å². The second-order valence-corrected chi connectivity index (χ2v) is 9.37. The second-order valence-electron chi connectivity index (χ2n) is 9.37. The maximum absolute atomic E-state index is 15.1. The molecule has 0 N–H and O–H groups in total. The Balaban J connectivity index is 1.50. The van der Waals surface area contributed by atoms with Crippen LogP contribution in [0.3, 0.4) is 0 Å². The number of rotatable bonds is 5. The first-order valence-corrected chi connectivity index (χ1v) is 11.8. The Kier molecular flexibility index (Phi) is 6.71. The van der Waals surface area contributed by atoms with Gasteiger partial charge < -0.3 is 0 Å². The van der Waals surface area contributed by atoms with Crippen LogP contribution in [0, 0.1) is 17.6 Å². The predicted octanol–water partition coefficient (Wildman–Crippen LogP) is 8.34. The molecule has 0 bridgehead atoms. The number of aryl methyl sites for hydroxylation is 1. The fourth-order valence-corrected chi connectivity index (χ4v) is 5.74. The molecule has 0 radical (unpaired) electrons. The molecule has 0 amide bonds. The molecule has 0 aliphatic heterocycles. The minimum atomic E-state index is -0.334. The van der Waals surface area contributed by atoms with Crippen LogP contribution in [-0.2, 0) is 12.8 Å². The highest BCUT2D eigenvalue weighted by Crippen LogP contribution is 2.41. The molecule has 2 aliphatic rings. The van der Waals surface area contributed by atoms with Crippen molar-refractivity contribution < 1.29 is 8.78 Å². The van der Waals surface area contributed by atoms with Crippen molar-refractivity contribution in [3.63, 3.8) is 0 Å². The average Bonchev–Trinajstić information content (AvgIpc) is 2.74. The lowest BCUT2D eigenvalue weighted by atomic mass is 9.76. The Labute approximate surface area is 180 Å². The van der Waals surface area contributed by atoms with Crippen molar-refractivity contribution in [2.24, 2.45) is 5.92 Å². The van der Waals surface area contributed by atoms with E-state index in [-0.39, 0.29) is 17.6 Å². The van der Waals surface area contributed by atoms with E-state index in [0.29, 0.717) is 11.5 Å². The van der Waals surface area contributed by atoms with E-state index in [1.165, 1.54) is 42.4 Å². The first-order valence-electron chi connectivity index (χ1n) is 11.8. The van der Waals surface area contributed by atoms with Gasteiger partial charge in [-0.2, -0.15) is 0 Å². The number of hydrogen-bond donors (Lipinski definition) is 0. The third-order valence-electron chi connectivity index (χ3n) is 7.34. The van der Waals surface area contributed by atoms with Gasteiger partial charge >= 0.3 is 0 Å². The van der Waals surface area contributed by atoms with Gasteiger partial charge in [-0.1, -0.05) is 50.1 Å². The van der Waals surface area contributed by atoms with Gasteiger partial charge in [0, 0.05) is 5.56 Å². The highest BCUT2D eigenvalue weighted by Gasteiger charge is 2.28. The van der Waals surface area contributed by atoms with Crippen molar-refractivity contribution in [2.45, 2.75) is 83.5 Å². The van der Waals surface area contributed by atoms with E-state index in [4.69, 9.17) is 0 Å². The van der Waals surface area contributed by atoms with Crippen molar-refractivity contribution in [3.05, 3.63) is 75.9 Å². The summed E-state index contributed by atoms with van der Waals surface area (Å²) in [5.41, 5.74) is 4.93. The van der Waals surface area contributed by atoms with Gasteiger partial charge in [0.15, 0.2) is 0 Å². The van der Waals surface area contributed by atoms with Crippen molar-refractivity contribution in [2.75, 3.05) is 0 Å². The molecule has 0 aromatic heterocycles. The maximum atomic E-state index is 15.1. The van der Waals surface area contributed by atoms with Crippen LogP contribution in [0.2, 0.25) is 0 Å². The molecule has 1 fully saturated rings. The summed E-state index contributed by atoms with van der Waals surface area (Å²) in [4.78, 5) is 0. The van der Waals surface area contributed by atoms with E-state index in [9.17, 15) is 0 Å². The first kappa shape index (κ1) is 21.3. The molecule has 2 aromatic carbocycles. The summed E-state index contributed by atoms with van der Waals surface area (Å²) >= 11 is 0. The Morgan fingerprint density at radius 3 is 2.30 bits per heavy atom. The van der Waals surface area contributed by atoms with Crippen molar-refractivity contribution >= 4 is 6.08 Å². The van der Waals surface area contributed by atoms with Crippen LogP contribution in [-0.4, -0.2) is 0 Å². The molecular formula is C28H34F2. The van der Waals surface area contributed by atoms with Crippen molar-refractivity contribution in [1.82, 2.24) is 0 Å². The predicted molar refractivity (Wildman–Crippen MR) is 122 cm³/mol. The van der Waals surface area contributed by atoms with Gasteiger partial charge in [-0.15, -0.1) is 0 Å². The van der Waals surface area contributed by atoms with Gasteiger partial charge in [0.1, 0.15) is 11.6 Å². The smallest absolute Gasteiger partial charge is 0.129 e. The van der Waals surface area contributed by atoms with E-state index in [0.717, 1.165) is 43.6 Å². The molecular weight excluding hydrogens is 374 g/mol. The molecule has 2 heteroatoms. The van der Waals surface area contributed by atoms with Crippen LogP contribution in [0.25, 0.3) is 6.08 Å². The fraction of sp³-hybridized carbons (Fsp3) is 0.500. The number of halogens is 2. The van der Waals surface area contributed by atoms with Crippen molar-refractivity contribution in [3.8, 4) is 0 Å². The molecule has 0 heterocycles. The lowest BCUT2D eigenvalue weighted by Crippen LogP contribution is -2.17. The number of benzene rings is 2. The topological polar surface area (TPSA) is 0 Å². The lowest BCUT2D eigenvalue weighted by Gasteiger charge is -2.30. The van der Waals surface area contributed by atoms with Gasteiger partial charge in [-0.3, -0.25) is 0 Å². The van der Waals surface area contributed by atoms with E-state index >= 15 is 8.78 Å². The normalized spacial score (nSPS) is 24.2. The van der Waals surface area contributed by atoms with Crippen LogP contribution >= 0.6 is 0 Å². The highest BCUT2D eigenvalue weighted by atomic mass is 19.1. The van der Waals surface area contributed by atoms with E-state index in [1.807, 2.05) is 13.0 Å². The number of allylic oxidation sites excluding steroid dienone is 1. The quantitative estimate of drug-likeness (QED) is 0.466. The summed E-state index contributed by atoms with van der Waals surface area (Å²) < 4.78 is 30.3. The monoisotopic (exact) mass is 408 g/mol. The van der Waals surface area contributed by atoms with Gasteiger partial charge in [-0.25, -0.2) is 8.78 Å². The van der Waals surface area contributed by atoms with Crippen LogP contribution < -0.4 is 0 Å². The van der Waals surface area contributed by atoms with Gasteiger partial charge in [-0.05, 0) is 104 Å². The van der Waals surface area contributed by atoms with E-state index in [2.05, 4.69) is 31.2 Å². The molecule has 1 saturated carbocycles. The summed E-state index contributed by atoms with van der Waals surface area (Å²) in [6.07, 6.45) is 13.6. The third kappa shape index (κ3) is 4.53. The Morgan fingerprint density at radius 1 is 0.900 bits per heavy atom. The Bertz CT molecular complexity index is 880. The second kappa shape index (κ2) is 9.45. The lowest BCUT2D eigenvalue weighted by molar-refractivity contribution is 0.307. The number of fused-ring (bicyclic) bond motifs is 1. The van der Waals surface area contributed by atoms with Crippen LogP contribution in [0.15, 0.2) is 36.4 Å². The first-order chi connectivity index (χ1) is 14.6. The summed E-state index contributed by atoms with van der Waals surface area (Å²) in [7, 11) is 0. The molecule has 2 aromatic rings. The van der Waals surface area contributed by atoms with Crippen LogP contribution in [0.4, 0.5) is 8.78 Å². The molecule has 0 saturated heterocycles. The molecule has 30 heavy (non-hydrogen) atoms. The summed E-state index contributed by atoms with van der Waals surface area (Å²) in [5, 5.41) is 0. The largest absolute Gasteiger partial charge is 0.207 e. The molecule has 1 atom stereocenters. The molecule has 160 valence electrons. The Morgan fingerprint density at radius 2 is 1.63 bits per heavy atom. The molecule has 2 aliphatic carbocycles. The standard InChI is InChI=1S/C28H34F2/c1-3-5-19-7-10-21(11-8-19)25-17-26(29)28(27(30)18-25)24-14-13-22-15-20(6-4-2)9-12-23(22)16-24/h4,6,9,12,15,17-19,21,24H,3,5,7-8,10-11,13-14,16H2,1-2H3/b6-4+. The maximum Gasteiger partial charge on any atom is 0.129 e. The Hall–Kier alpha value is -1.96. The zero-order chi connectivity index (χ0) is 21.1.